The van der Waals surface area contributed by atoms with E-state index in [2.05, 4.69) is 20.9 Å². The number of rotatable bonds is 1. The third-order valence-corrected chi connectivity index (χ3v) is 7.11. The average Bonchev–Trinajstić information content (AvgIpc) is 2.79. The van der Waals surface area contributed by atoms with Gasteiger partial charge in [0, 0.05) is 22.3 Å². The molecule has 0 aliphatic carbocycles. The molecule has 2 heterocycles. The number of amides is 1. The van der Waals surface area contributed by atoms with E-state index in [1.807, 2.05) is 29.2 Å². The predicted molar refractivity (Wildman–Crippen MR) is 88.6 cm³/mol. The van der Waals surface area contributed by atoms with Gasteiger partial charge in [-0.1, -0.05) is 33.8 Å². The lowest BCUT2D eigenvalue weighted by atomic mass is 10.2. The van der Waals surface area contributed by atoms with Crippen LogP contribution in [0.5, 0.6) is 0 Å². The molecule has 8 heteroatoms. The van der Waals surface area contributed by atoms with E-state index in [0.29, 0.717) is 5.17 Å². The van der Waals surface area contributed by atoms with Crippen molar-refractivity contribution in [1.82, 2.24) is 0 Å². The van der Waals surface area contributed by atoms with Crippen LogP contribution in [0.25, 0.3) is 0 Å². The van der Waals surface area contributed by atoms with Crippen LogP contribution in [0.3, 0.4) is 0 Å². The van der Waals surface area contributed by atoms with Gasteiger partial charge in [0.05, 0.1) is 17.5 Å². The summed E-state index contributed by atoms with van der Waals surface area (Å²) in [6.45, 7) is 1.40. The molecule has 2 fully saturated rings. The number of carbonyl (C=O) groups is 1. The third kappa shape index (κ3) is 3.02. The molecule has 0 bridgehead atoms. The van der Waals surface area contributed by atoms with Crippen LogP contribution in [-0.2, 0) is 14.6 Å². The Hall–Kier alpha value is -0.860. The highest BCUT2D eigenvalue weighted by molar-refractivity contribution is 9.10. The number of thioether (sulfide) groups is 1. The summed E-state index contributed by atoms with van der Waals surface area (Å²) >= 11 is 4.80. The molecule has 0 saturated carbocycles. The molecule has 2 atom stereocenters. The number of sulfone groups is 1. The quantitative estimate of drug-likeness (QED) is 0.736. The second-order valence-electron chi connectivity index (χ2n) is 5.06. The Morgan fingerprint density at radius 1 is 1.43 bits per heavy atom. The minimum absolute atomic E-state index is 0.0629. The number of benzene rings is 1. The summed E-state index contributed by atoms with van der Waals surface area (Å²) in [6.07, 6.45) is 0. The fourth-order valence-corrected chi connectivity index (χ4v) is 6.97. The maximum Gasteiger partial charge on any atom is 0.244 e. The number of anilines is 1. The van der Waals surface area contributed by atoms with Gasteiger partial charge in [-0.2, -0.15) is 4.99 Å². The third-order valence-electron chi connectivity index (χ3n) is 3.41. The number of fused-ring (bicyclic) bond motifs is 1. The molecule has 0 spiro atoms. The number of amidine groups is 1. The van der Waals surface area contributed by atoms with Crippen LogP contribution in [0.2, 0.25) is 0 Å². The van der Waals surface area contributed by atoms with Crippen LogP contribution < -0.4 is 4.90 Å². The Labute approximate surface area is 135 Å². The monoisotopic (exact) mass is 388 g/mol. The van der Waals surface area contributed by atoms with Crippen molar-refractivity contribution in [3.05, 3.63) is 28.7 Å². The molecule has 1 aromatic carbocycles. The van der Waals surface area contributed by atoms with Crippen molar-refractivity contribution in [2.24, 2.45) is 4.99 Å². The topological polar surface area (TPSA) is 66.8 Å². The Bertz CT molecular complexity index is 733. The predicted octanol–water partition coefficient (Wildman–Crippen LogP) is 2.07. The molecule has 3 rings (SSSR count). The molecule has 0 radical (unpaired) electrons. The molecule has 2 aliphatic heterocycles. The number of aliphatic imine (C=N–C) groups is 1. The van der Waals surface area contributed by atoms with Gasteiger partial charge in [-0.3, -0.25) is 4.79 Å². The summed E-state index contributed by atoms with van der Waals surface area (Å²) < 4.78 is 24.6. The number of hydrogen-bond acceptors (Lipinski definition) is 4. The lowest BCUT2D eigenvalue weighted by Crippen LogP contribution is -2.37. The summed E-state index contributed by atoms with van der Waals surface area (Å²) in [5.74, 6) is -0.0296. The molecule has 1 amide bonds. The van der Waals surface area contributed by atoms with Crippen molar-refractivity contribution in [3.63, 3.8) is 0 Å². The lowest BCUT2D eigenvalue weighted by Gasteiger charge is -2.24. The van der Waals surface area contributed by atoms with Crippen LogP contribution in [0.15, 0.2) is 33.7 Å². The van der Waals surface area contributed by atoms with Crippen LogP contribution in [-0.4, -0.2) is 42.3 Å². The van der Waals surface area contributed by atoms with Crippen molar-refractivity contribution >= 4 is 54.3 Å². The highest BCUT2D eigenvalue weighted by atomic mass is 79.9. The first-order valence-electron chi connectivity index (χ1n) is 6.37. The average molecular weight is 389 g/mol. The summed E-state index contributed by atoms with van der Waals surface area (Å²) in [4.78, 5) is 17.3. The Balaban J connectivity index is 2.05. The van der Waals surface area contributed by atoms with E-state index in [-0.39, 0.29) is 28.7 Å². The van der Waals surface area contributed by atoms with Crippen LogP contribution in [0.4, 0.5) is 5.69 Å². The molecule has 21 heavy (non-hydrogen) atoms. The largest absolute Gasteiger partial charge is 0.316 e. The van der Waals surface area contributed by atoms with Gasteiger partial charge in [0.1, 0.15) is 0 Å². The number of nitrogens with zero attached hydrogens (tertiary/aromatic N) is 2. The first-order valence-corrected chi connectivity index (χ1v) is 9.86. The molecule has 0 N–H and O–H groups in total. The Morgan fingerprint density at radius 2 is 2.19 bits per heavy atom. The van der Waals surface area contributed by atoms with E-state index in [0.717, 1.165) is 10.2 Å². The maximum atomic E-state index is 11.9. The first kappa shape index (κ1) is 15.1. The second-order valence-corrected chi connectivity index (χ2v) is 9.34. The fourth-order valence-electron chi connectivity index (χ4n) is 2.63. The van der Waals surface area contributed by atoms with Crippen molar-refractivity contribution in [1.29, 1.82) is 0 Å². The number of hydrogen-bond donors (Lipinski definition) is 0. The number of carbonyl (C=O) groups excluding carboxylic acids is 1. The van der Waals surface area contributed by atoms with Crippen LogP contribution in [0.1, 0.15) is 6.92 Å². The van der Waals surface area contributed by atoms with Gasteiger partial charge in [-0.15, -0.1) is 0 Å². The van der Waals surface area contributed by atoms with E-state index in [1.165, 1.54) is 18.7 Å². The Kier molecular flexibility index (Phi) is 3.87. The SMILES string of the molecule is CC(=O)N=C1S[C@@H]2CS(=O)(=O)C[C@H]2N1c1cccc(Br)c1. The van der Waals surface area contributed by atoms with Crippen LogP contribution in [0, 0.1) is 0 Å². The van der Waals surface area contributed by atoms with Crippen LogP contribution >= 0.6 is 27.7 Å². The minimum atomic E-state index is -3.02. The second kappa shape index (κ2) is 5.40. The lowest BCUT2D eigenvalue weighted by molar-refractivity contribution is -0.115. The van der Waals surface area contributed by atoms with Gasteiger partial charge >= 0.3 is 0 Å². The normalized spacial score (nSPS) is 28.9. The maximum absolute atomic E-state index is 11.9. The summed E-state index contributed by atoms with van der Waals surface area (Å²) in [5.41, 5.74) is 0.849. The van der Waals surface area contributed by atoms with Gasteiger partial charge in [-0.05, 0) is 18.2 Å². The molecule has 2 saturated heterocycles. The van der Waals surface area contributed by atoms with Gasteiger partial charge in [0.25, 0.3) is 0 Å². The van der Waals surface area contributed by atoms with E-state index >= 15 is 0 Å². The summed E-state index contributed by atoms with van der Waals surface area (Å²) in [6, 6.07) is 7.42. The van der Waals surface area contributed by atoms with Crippen molar-refractivity contribution in [3.8, 4) is 0 Å². The summed E-state index contributed by atoms with van der Waals surface area (Å²) in [7, 11) is -3.02. The highest BCUT2D eigenvalue weighted by Crippen LogP contribution is 2.41. The molecule has 112 valence electrons. The van der Waals surface area contributed by atoms with Crippen molar-refractivity contribution in [2.75, 3.05) is 16.4 Å². The van der Waals surface area contributed by atoms with Crippen molar-refractivity contribution < 1.29 is 13.2 Å². The van der Waals surface area contributed by atoms with Gasteiger partial charge in [0.15, 0.2) is 15.0 Å². The van der Waals surface area contributed by atoms with Gasteiger partial charge < -0.3 is 4.90 Å². The van der Waals surface area contributed by atoms with Gasteiger partial charge in [-0.25, -0.2) is 8.42 Å². The standard InChI is InChI=1S/C13H13BrN2O3S2/c1-8(17)15-13-16(10-4-2-3-9(14)5-10)11-6-21(18,19)7-12(11)20-13/h2-5,11-12H,6-7H2,1H3/t11-,12-/m1/s1. The zero-order chi connectivity index (χ0) is 15.2. The number of halogens is 1. The highest BCUT2D eigenvalue weighted by Gasteiger charge is 2.49. The minimum Gasteiger partial charge on any atom is -0.316 e. The van der Waals surface area contributed by atoms with E-state index in [9.17, 15) is 13.2 Å². The first-order chi connectivity index (χ1) is 9.85. The molecular weight excluding hydrogens is 376 g/mol. The molecular formula is C13H13BrN2O3S2. The summed E-state index contributed by atoms with van der Waals surface area (Å²) in [5, 5.41) is 0.526. The van der Waals surface area contributed by atoms with Gasteiger partial charge in [0.2, 0.25) is 5.91 Å². The molecule has 1 aromatic rings. The zero-order valence-corrected chi connectivity index (χ0v) is 14.4. The molecule has 0 unspecified atom stereocenters. The van der Waals surface area contributed by atoms with Crippen molar-refractivity contribution in [2.45, 2.75) is 18.2 Å². The molecule has 2 aliphatic rings. The molecule has 0 aromatic heterocycles. The fraction of sp³-hybridized carbons (Fsp3) is 0.385. The van der Waals surface area contributed by atoms with E-state index < -0.39 is 9.84 Å². The van der Waals surface area contributed by atoms with E-state index in [1.54, 1.807) is 0 Å². The molecule has 5 nitrogen and oxygen atoms in total. The smallest absolute Gasteiger partial charge is 0.244 e. The van der Waals surface area contributed by atoms with E-state index in [4.69, 9.17) is 0 Å². The Morgan fingerprint density at radius 3 is 2.86 bits per heavy atom. The zero-order valence-electron chi connectivity index (χ0n) is 11.2.